The number of imidazole rings is 1. The SMILES string of the molecule is OCc1ccc(-c2cnc[nH]2)o1. The number of rotatable bonds is 2. The first-order chi connectivity index (χ1) is 5.90. The molecule has 0 fully saturated rings. The van der Waals surface area contributed by atoms with Crippen LogP contribution < -0.4 is 0 Å². The van der Waals surface area contributed by atoms with Gasteiger partial charge in [-0.15, -0.1) is 0 Å². The Kier molecular flexibility index (Phi) is 1.68. The Hall–Kier alpha value is -1.55. The van der Waals surface area contributed by atoms with Gasteiger partial charge in [-0.2, -0.15) is 0 Å². The van der Waals surface area contributed by atoms with Crippen LogP contribution >= 0.6 is 0 Å². The van der Waals surface area contributed by atoms with Crippen LogP contribution in [0.15, 0.2) is 29.1 Å². The summed E-state index contributed by atoms with van der Waals surface area (Å²) in [5.74, 6) is 1.25. The normalized spacial score (nSPS) is 10.4. The first-order valence-corrected chi connectivity index (χ1v) is 3.58. The third kappa shape index (κ3) is 1.12. The Morgan fingerprint density at radius 3 is 3.00 bits per heavy atom. The lowest BCUT2D eigenvalue weighted by molar-refractivity contribution is 0.248. The number of aliphatic hydroxyl groups is 1. The number of aromatic nitrogens is 2. The Morgan fingerprint density at radius 1 is 1.50 bits per heavy atom. The fourth-order valence-corrected chi connectivity index (χ4v) is 0.998. The second-order valence-electron chi connectivity index (χ2n) is 2.39. The zero-order valence-corrected chi connectivity index (χ0v) is 6.32. The van der Waals surface area contributed by atoms with Gasteiger partial charge in [-0.25, -0.2) is 4.98 Å². The van der Waals surface area contributed by atoms with Gasteiger partial charge >= 0.3 is 0 Å². The third-order valence-corrected chi connectivity index (χ3v) is 1.58. The fourth-order valence-electron chi connectivity index (χ4n) is 0.998. The third-order valence-electron chi connectivity index (χ3n) is 1.58. The molecule has 0 atom stereocenters. The molecule has 0 amide bonds. The molecule has 0 saturated carbocycles. The van der Waals surface area contributed by atoms with Gasteiger partial charge in [0.1, 0.15) is 18.1 Å². The van der Waals surface area contributed by atoms with Gasteiger partial charge < -0.3 is 14.5 Å². The number of furan rings is 1. The molecule has 62 valence electrons. The van der Waals surface area contributed by atoms with E-state index in [0.717, 1.165) is 5.69 Å². The molecule has 2 rings (SSSR count). The van der Waals surface area contributed by atoms with E-state index in [0.29, 0.717) is 11.5 Å². The minimum Gasteiger partial charge on any atom is -0.457 e. The highest BCUT2D eigenvalue weighted by Crippen LogP contribution is 2.18. The average molecular weight is 164 g/mol. The standard InChI is InChI=1S/C8H8N2O2/c11-4-6-1-2-8(12-6)7-3-9-5-10-7/h1-3,5,11H,4H2,(H,9,10). The van der Waals surface area contributed by atoms with Crippen molar-refractivity contribution >= 4 is 0 Å². The highest BCUT2D eigenvalue weighted by Gasteiger charge is 2.03. The van der Waals surface area contributed by atoms with E-state index in [-0.39, 0.29) is 6.61 Å². The predicted octanol–water partition coefficient (Wildman–Crippen LogP) is 1.16. The maximum Gasteiger partial charge on any atom is 0.152 e. The van der Waals surface area contributed by atoms with Crippen LogP contribution in [0.2, 0.25) is 0 Å². The molecule has 2 aromatic heterocycles. The summed E-state index contributed by atoms with van der Waals surface area (Å²) in [7, 11) is 0. The molecular weight excluding hydrogens is 156 g/mol. The summed E-state index contributed by atoms with van der Waals surface area (Å²) in [6.07, 6.45) is 3.25. The van der Waals surface area contributed by atoms with Crippen molar-refractivity contribution in [1.82, 2.24) is 9.97 Å². The van der Waals surface area contributed by atoms with E-state index in [1.54, 1.807) is 24.7 Å². The summed E-state index contributed by atoms with van der Waals surface area (Å²) in [5, 5.41) is 8.73. The number of nitrogens with one attached hydrogen (secondary N) is 1. The molecule has 2 aromatic rings. The van der Waals surface area contributed by atoms with Crippen LogP contribution in [0.3, 0.4) is 0 Å². The highest BCUT2D eigenvalue weighted by atomic mass is 16.4. The molecule has 12 heavy (non-hydrogen) atoms. The van der Waals surface area contributed by atoms with Gasteiger partial charge in [0, 0.05) is 0 Å². The molecule has 0 bridgehead atoms. The van der Waals surface area contributed by atoms with Crippen molar-refractivity contribution in [3.63, 3.8) is 0 Å². The van der Waals surface area contributed by atoms with Crippen molar-refractivity contribution in [2.24, 2.45) is 0 Å². The lowest BCUT2D eigenvalue weighted by Crippen LogP contribution is -1.74. The molecule has 0 aliphatic heterocycles. The van der Waals surface area contributed by atoms with E-state index in [2.05, 4.69) is 9.97 Å². The monoisotopic (exact) mass is 164 g/mol. The van der Waals surface area contributed by atoms with Crippen LogP contribution in [0, 0.1) is 0 Å². The van der Waals surface area contributed by atoms with E-state index in [1.165, 1.54) is 0 Å². The maximum absolute atomic E-state index is 8.73. The van der Waals surface area contributed by atoms with E-state index < -0.39 is 0 Å². The van der Waals surface area contributed by atoms with Crippen LogP contribution in [0.5, 0.6) is 0 Å². The van der Waals surface area contributed by atoms with Crippen molar-refractivity contribution in [3.8, 4) is 11.5 Å². The minimum absolute atomic E-state index is 0.0753. The zero-order valence-electron chi connectivity index (χ0n) is 6.32. The first kappa shape index (κ1) is 7.12. The van der Waals surface area contributed by atoms with Crippen molar-refractivity contribution in [1.29, 1.82) is 0 Å². The number of H-pyrrole nitrogens is 1. The Balaban J connectivity index is 2.35. The zero-order chi connectivity index (χ0) is 8.39. The van der Waals surface area contributed by atoms with Crippen molar-refractivity contribution < 1.29 is 9.52 Å². The van der Waals surface area contributed by atoms with Crippen molar-refractivity contribution in [2.45, 2.75) is 6.61 Å². The van der Waals surface area contributed by atoms with Crippen LogP contribution in [0.25, 0.3) is 11.5 Å². The number of hydrogen-bond donors (Lipinski definition) is 2. The molecule has 2 heterocycles. The largest absolute Gasteiger partial charge is 0.457 e. The number of aromatic amines is 1. The molecule has 2 N–H and O–H groups in total. The lowest BCUT2D eigenvalue weighted by atomic mass is 10.3. The van der Waals surface area contributed by atoms with E-state index in [1.807, 2.05) is 0 Å². The van der Waals surface area contributed by atoms with Crippen molar-refractivity contribution in [2.75, 3.05) is 0 Å². The smallest absolute Gasteiger partial charge is 0.152 e. The molecule has 0 spiro atoms. The molecule has 0 aliphatic rings. The van der Waals surface area contributed by atoms with E-state index in [4.69, 9.17) is 9.52 Å². The molecule has 4 heteroatoms. The molecule has 0 radical (unpaired) electrons. The van der Waals surface area contributed by atoms with Gasteiger partial charge in [0.15, 0.2) is 5.76 Å². The number of aliphatic hydroxyl groups excluding tert-OH is 1. The Morgan fingerprint density at radius 2 is 2.42 bits per heavy atom. The van der Waals surface area contributed by atoms with Gasteiger partial charge in [-0.05, 0) is 12.1 Å². The first-order valence-electron chi connectivity index (χ1n) is 3.58. The molecule has 0 aliphatic carbocycles. The highest BCUT2D eigenvalue weighted by molar-refractivity contribution is 5.50. The summed E-state index contributed by atoms with van der Waals surface area (Å²) in [6, 6.07) is 3.52. The fraction of sp³-hybridized carbons (Fsp3) is 0.125. The van der Waals surface area contributed by atoms with Crippen LogP contribution in [0.1, 0.15) is 5.76 Å². The molecule has 0 saturated heterocycles. The average Bonchev–Trinajstić information content (AvgIpc) is 2.75. The number of hydrogen-bond acceptors (Lipinski definition) is 3. The van der Waals surface area contributed by atoms with Crippen LogP contribution in [-0.2, 0) is 6.61 Å². The minimum atomic E-state index is -0.0753. The summed E-state index contributed by atoms with van der Waals surface area (Å²) in [5.41, 5.74) is 0.815. The van der Waals surface area contributed by atoms with Crippen LogP contribution in [0.4, 0.5) is 0 Å². The van der Waals surface area contributed by atoms with Gasteiger partial charge in [0.05, 0.1) is 12.5 Å². The number of nitrogens with zero attached hydrogens (tertiary/aromatic N) is 1. The molecule has 0 aromatic carbocycles. The topological polar surface area (TPSA) is 62.1 Å². The summed E-state index contributed by atoms with van der Waals surface area (Å²) in [6.45, 7) is -0.0753. The summed E-state index contributed by atoms with van der Waals surface area (Å²) < 4.78 is 5.26. The second kappa shape index (κ2) is 2.83. The van der Waals surface area contributed by atoms with Gasteiger partial charge in [0.25, 0.3) is 0 Å². The molecule has 0 unspecified atom stereocenters. The molecule has 4 nitrogen and oxygen atoms in total. The van der Waals surface area contributed by atoms with Gasteiger partial charge in [-0.3, -0.25) is 0 Å². The molecular formula is C8H8N2O2. The summed E-state index contributed by atoms with van der Waals surface area (Å²) in [4.78, 5) is 6.76. The maximum atomic E-state index is 8.73. The van der Waals surface area contributed by atoms with Gasteiger partial charge in [-0.1, -0.05) is 0 Å². The van der Waals surface area contributed by atoms with Gasteiger partial charge in [0.2, 0.25) is 0 Å². The lowest BCUT2D eigenvalue weighted by Gasteiger charge is -1.89. The van der Waals surface area contributed by atoms with E-state index >= 15 is 0 Å². The second-order valence-corrected chi connectivity index (χ2v) is 2.39. The summed E-state index contributed by atoms with van der Waals surface area (Å²) >= 11 is 0. The Bertz CT molecular complexity index is 351. The Labute approximate surface area is 68.9 Å². The van der Waals surface area contributed by atoms with E-state index in [9.17, 15) is 0 Å². The van der Waals surface area contributed by atoms with Crippen LogP contribution in [-0.4, -0.2) is 15.1 Å². The predicted molar refractivity (Wildman–Crippen MR) is 42.2 cm³/mol. The van der Waals surface area contributed by atoms with Crippen molar-refractivity contribution in [3.05, 3.63) is 30.4 Å². The quantitative estimate of drug-likeness (QED) is 0.700.